The maximum Gasteiger partial charge on any atom is 0.389 e. The van der Waals surface area contributed by atoms with E-state index in [1.165, 1.54) is 40.6 Å². The second-order valence-corrected chi connectivity index (χ2v) is 24.0. The highest BCUT2D eigenvalue weighted by atomic mass is 79.9. The van der Waals surface area contributed by atoms with Crippen LogP contribution in [0.25, 0.3) is 61.6 Å². The number of methoxy groups -OCH3 is 4. The summed E-state index contributed by atoms with van der Waals surface area (Å²) in [6, 6.07) is 18.1. The molecule has 2 unspecified atom stereocenters. The average molecular weight is 1440 g/mol. The summed E-state index contributed by atoms with van der Waals surface area (Å²) in [5.41, 5.74) is 9.69. The molecule has 1 N–H and O–H groups in total. The maximum atomic E-state index is 12.7. The second kappa shape index (κ2) is 33.8. The number of pyridine rings is 3. The molecule has 0 saturated heterocycles. The molecule has 2 aromatic carbocycles. The van der Waals surface area contributed by atoms with Crippen LogP contribution in [0.4, 0.5) is 26.3 Å². The van der Waals surface area contributed by atoms with Gasteiger partial charge in [-0.25, -0.2) is 15.0 Å². The zero-order chi connectivity index (χ0) is 71.7. The Balaban J connectivity index is 0.000000184. The van der Waals surface area contributed by atoms with Gasteiger partial charge in [-0.2, -0.15) is 41.6 Å². The summed E-state index contributed by atoms with van der Waals surface area (Å²) in [4.78, 5) is 62.1. The van der Waals surface area contributed by atoms with E-state index >= 15 is 0 Å². The van der Waals surface area contributed by atoms with Crippen LogP contribution in [0.5, 0.6) is 23.0 Å². The molecule has 9 aromatic heterocycles. The highest BCUT2D eigenvalue weighted by molar-refractivity contribution is 9.10. The Labute approximate surface area is 574 Å². The molecule has 0 aliphatic carbocycles. The number of alkyl halides is 6. The molecule has 11 rings (SSSR count). The van der Waals surface area contributed by atoms with Crippen molar-refractivity contribution in [2.75, 3.05) is 41.7 Å². The van der Waals surface area contributed by atoms with E-state index < -0.39 is 49.6 Å². The minimum Gasteiger partial charge on any atom is -0.496 e. The summed E-state index contributed by atoms with van der Waals surface area (Å²) < 4.78 is 116. The van der Waals surface area contributed by atoms with Crippen molar-refractivity contribution in [2.45, 2.75) is 92.7 Å². The zero-order valence-electron chi connectivity index (χ0n) is 56.0. The third-order valence-corrected chi connectivity index (χ3v) is 16.2. The monoisotopic (exact) mass is 1440 g/mol. The van der Waals surface area contributed by atoms with Gasteiger partial charge in [0.1, 0.15) is 51.1 Å². The van der Waals surface area contributed by atoms with Crippen molar-refractivity contribution in [3.05, 3.63) is 163 Å². The molecule has 0 saturated carbocycles. The number of H-pyrrole nitrogens is 1. The fourth-order valence-corrected chi connectivity index (χ4v) is 10.9. The van der Waals surface area contributed by atoms with Gasteiger partial charge < -0.3 is 37.2 Å². The van der Waals surface area contributed by atoms with E-state index in [1.807, 2.05) is 145 Å². The smallest absolute Gasteiger partial charge is 0.389 e. The number of carbonyl (C=O) groups is 4. The lowest BCUT2D eigenvalue weighted by Crippen LogP contribution is -2.27. The first kappa shape index (κ1) is 74.5. The molecule has 0 bridgehead atoms. The van der Waals surface area contributed by atoms with Gasteiger partial charge in [0.25, 0.3) is 0 Å². The Morgan fingerprint density at radius 1 is 0.515 bits per heavy atom. The Morgan fingerprint density at radius 3 is 1.34 bits per heavy atom. The largest absolute Gasteiger partial charge is 0.496 e. The number of nitrogens with zero attached hydrogens (tertiary/aromatic N) is 11. The van der Waals surface area contributed by atoms with Crippen molar-refractivity contribution in [1.29, 1.82) is 0 Å². The van der Waals surface area contributed by atoms with Gasteiger partial charge in [0.05, 0.1) is 110 Å². The number of carbonyl (C=O) groups excluding carboxylic acids is 4. The quantitative estimate of drug-likeness (QED) is 0.0336. The van der Waals surface area contributed by atoms with Gasteiger partial charge in [-0.05, 0) is 103 Å². The standard InChI is InChI=1S/C30H33F3N4O5.C18H22N4O2.C12H12BrF3O3.C10H8N4/c1-6-42-29(39)22(18(2)3)17-36-16-21(14-35-36)19-8-10-37-23(15-34-27(37)13-19)20-11-25(40-4)28(26(12-20)41-5)24(38)7-9-30(31,32)33;1-4-24-18(23)16(13(2)3)12-22-11-15(10-20-22)14-5-7-21-8-6-19-17(21)9-14;1-18-9-5-7(13)6-10(19-2)11(9)8(17)3-4-12(14,15)16;1-3-14-4-2-11-10(14)5-8(1)9-6-12-13-7-9/h8,10-16,18,22H,6-7,9,17H2,1-5H3;5-11,13,16H,4,12H2,1-3H3;5-6H,3-4H2,1-2H3;1-7H,(H,12,13). The Kier molecular flexibility index (Phi) is 25.4. The van der Waals surface area contributed by atoms with Gasteiger partial charge in [-0.15, -0.1) is 0 Å². The highest BCUT2D eigenvalue weighted by Crippen LogP contribution is 2.39. The van der Waals surface area contributed by atoms with E-state index in [2.05, 4.69) is 51.3 Å². The number of nitrogens with one attached hydrogen (secondary N) is 1. The van der Waals surface area contributed by atoms with Crippen molar-refractivity contribution in [3.63, 3.8) is 0 Å². The highest BCUT2D eigenvalue weighted by Gasteiger charge is 2.32. The van der Waals surface area contributed by atoms with Crippen LogP contribution in [0, 0.1) is 23.7 Å². The molecule has 524 valence electrons. The van der Waals surface area contributed by atoms with Crippen molar-refractivity contribution in [2.24, 2.45) is 23.7 Å². The van der Waals surface area contributed by atoms with Crippen LogP contribution in [0.2, 0.25) is 0 Å². The topological polar surface area (TPSA) is 240 Å². The zero-order valence-corrected chi connectivity index (χ0v) is 57.6. The molecule has 9 heterocycles. The second-order valence-electron chi connectivity index (χ2n) is 23.1. The first-order chi connectivity index (χ1) is 47.2. The Hall–Kier alpha value is -10.3. The van der Waals surface area contributed by atoms with E-state index in [1.54, 1.807) is 54.7 Å². The number of ketones is 2. The number of Topliss-reactive ketones (excluding diaryl/α,β-unsaturated/α-hetero) is 2. The molecule has 2 atom stereocenters. The first-order valence-electron chi connectivity index (χ1n) is 31.3. The van der Waals surface area contributed by atoms with Gasteiger partial charge in [-0.3, -0.25) is 38.0 Å². The Bertz CT molecular complexity index is 4470. The molecule has 11 aromatic rings. The number of aromatic nitrogens is 12. The average Bonchev–Trinajstić information content (AvgIpc) is 1.75. The molecule has 0 radical (unpaired) electrons. The third-order valence-electron chi connectivity index (χ3n) is 15.7. The summed E-state index contributed by atoms with van der Waals surface area (Å²) in [5, 5.41) is 15.6. The van der Waals surface area contributed by atoms with Crippen LogP contribution in [0.1, 0.15) is 87.9 Å². The molecule has 0 spiro atoms. The number of aromatic amines is 1. The number of imidazole rings is 3. The van der Waals surface area contributed by atoms with Crippen molar-refractivity contribution in [3.8, 4) is 67.6 Å². The molecule has 29 heteroatoms. The van der Waals surface area contributed by atoms with Crippen LogP contribution in [0.3, 0.4) is 0 Å². The van der Waals surface area contributed by atoms with Gasteiger partial charge in [0.15, 0.2) is 11.6 Å². The molecule has 0 aliphatic rings. The van der Waals surface area contributed by atoms with Crippen molar-refractivity contribution < 1.29 is 73.9 Å². The lowest BCUT2D eigenvalue weighted by atomic mass is 9.96. The van der Waals surface area contributed by atoms with E-state index in [9.17, 15) is 45.5 Å². The molecule has 0 aliphatic heterocycles. The molecule has 0 amide bonds. The first-order valence-corrected chi connectivity index (χ1v) is 32.1. The molecule has 99 heavy (non-hydrogen) atoms. The summed E-state index contributed by atoms with van der Waals surface area (Å²) in [5.74, 6) is -1.48. The number of hydrogen-bond acceptors (Lipinski definition) is 16. The SMILES string of the molecule is CCOC(=O)C(Cn1cc(-c2ccn3c(-c4cc(OC)c(C(=O)CCC(F)(F)F)c(OC)c4)cnc3c2)cn1)C(C)C.CCOC(=O)C(Cn1cc(-c2ccn3ccnc3c2)cn1)C(C)C.COc1cc(Br)cc(OC)c1C(=O)CCC(F)(F)F.c1cn2ccc(-c3cn[nH]c3)cc2n1. The van der Waals surface area contributed by atoms with Gasteiger partial charge in [0.2, 0.25) is 0 Å². The van der Waals surface area contributed by atoms with E-state index in [0.29, 0.717) is 47.7 Å². The Morgan fingerprint density at radius 2 is 0.939 bits per heavy atom. The summed E-state index contributed by atoms with van der Waals surface area (Å²) in [6.45, 7) is 13.2. The molecular weight excluding hydrogens is 1360 g/mol. The fourth-order valence-electron chi connectivity index (χ4n) is 10.5. The lowest BCUT2D eigenvalue weighted by molar-refractivity contribution is -0.151. The lowest BCUT2D eigenvalue weighted by Gasteiger charge is -2.18. The van der Waals surface area contributed by atoms with Crippen molar-refractivity contribution in [1.82, 2.24) is 57.9 Å². The number of ether oxygens (including phenoxy) is 6. The summed E-state index contributed by atoms with van der Waals surface area (Å²) in [6.07, 6.45) is 13.3. The van der Waals surface area contributed by atoms with E-state index in [4.69, 9.17) is 28.4 Å². The minimum absolute atomic E-state index is 0.0254. The van der Waals surface area contributed by atoms with Gasteiger partial charge >= 0.3 is 24.3 Å². The van der Waals surface area contributed by atoms with E-state index in [0.717, 1.165) is 44.7 Å². The van der Waals surface area contributed by atoms with Crippen molar-refractivity contribution >= 4 is 56.4 Å². The number of halogens is 7. The molecule has 0 fully saturated rings. The third kappa shape index (κ3) is 19.7. The van der Waals surface area contributed by atoms with Crippen LogP contribution in [-0.2, 0) is 32.2 Å². The predicted molar refractivity (Wildman–Crippen MR) is 361 cm³/mol. The fraction of sp³-hybridized carbons (Fsp3) is 0.343. The van der Waals surface area contributed by atoms with Crippen LogP contribution in [0.15, 0.2) is 152 Å². The van der Waals surface area contributed by atoms with E-state index in [-0.39, 0.29) is 69.7 Å². The van der Waals surface area contributed by atoms with Gasteiger partial charge in [0, 0.05) is 102 Å². The number of esters is 2. The minimum atomic E-state index is -4.46. The van der Waals surface area contributed by atoms with Crippen LogP contribution in [-0.4, -0.2) is 135 Å². The molecular formula is C70H75BrF6N12O10. The summed E-state index contributed by atoms with van der Waals surface area (Å²) >= 11 is 3.20. The van der Waals surface area contributed by atoms with Crippen LogP contribution < -0.4 is 18.9 Å². The summed E-state index contributed by atoms with van der Waals surface area (Å²) in [7, 11) is 5.36. The normalized spacial score (nSPS) is 12.1. The van der Waals surface area contributed by atoms with Gasteiger partial charge in [-0.1, -0.05) is 43.6 Å². The number of fused-ring (bicyclic) bond motifs is 3. The number of hydrogen-bond donors (Lipinski definition) is 1. The predicted octanol–water partition coefficient (Wildman–Crippen LogP) is 15.0. The number of benzene rings is 2. The number of rotatable bonds is 24. The molecule has 22 nitrogen and oxygen atoms in total. The maximum absolute atomic E-state index is 12.7. The van der Waals surface area contributed by atoms with Crippen LogP contribution >= 0.6 is 15.9 Å².